The predicted octanol–water partition coefficient (Wildman–Crippen LogP) is 2.59. The SMILES string of the molecule is CN[C@@H](Cc1ccccc1)C(=O)C[C@@H](CCCCN)CN(CC(=O)C[C@@H](Cc1ccccc1)C(=O)N[C@@H](Cc1ccccc1)CN(CC(=O)N[C@@H](CCCCN)C(N)=O)S(=O)(=O)Cc1ccccc1)S(=O)(=O)CCN. The van der Waals surface area contributed by atoms with E-state index in [2.05, 4.69) is 16.0 Å². The van der Waals surface area contributed by atoms with Crippen molar-refractivity contribution in [2.75, 3.05) is 58.6 Å². The predicted molar refractivity (Wildman–Crippen MR) is 293 cm³/mol. The van der Waals surface area contributed by atoms with E-state index in [-0.39, 0.29) is 44.6 Å². The van der Waals surface area contributed by atoms with Gasteiger partial charge in [0.15, 0.2) is 0 Å². The van der Waals surface area contributed by atoms with Crippen LogP contribution in [0.5, 0.6) is 0 Å². The second-order valence-corrected chi connectivity index (χ2v) is 23.2. The molecule has 0 aliphatic heterocycles. The number of hydrogen-bond acceptors (Lipinski definition) is 13. The van der Waals surface area contributed by atoms with Crippen LogP contribution < -0.4 is 38.9 Å². The molecule has 0 radical (unpaired) electrons. The van der Waals surface area contributed by atoms with Crippen LogP contribution in [-0.2, 0) is 69.0 Å². The summed E-state index contributed by atoms with van der Waals surface area (Å²) in [4.78, 5) is 69.3. The number of likely N-dealkylation sites (N-methyl/N-ethyl adjacent to an activating group) is 1. The van der Waals surface area contributed by atoms with E-state index < -0.39 is 111 Å². The first-order valence-corrected chi connectivity index (χ1v) is 29.0. The van der Waals surface area contributed by atoms with Crippen LogP contribution in [0.4, 0.5) is 0 Å². The molecule has 75 heavy (non-hydrogen) atoms. The number of benzene rings is 4. The van der Waals surface area contributed by atoms with Crippen molar-refractivity contribution in [2.45, 2.75) is 94.5 Å². The van der Waals surface area contributed by atoms with Crippen LogP contribution in [0, 0.1) is 11.8 Å². The van der Waals surface area contributed by atoms with Crippen LogP contribution in [-0.4, -0.2) is 131 Å². The average molecular weight is 1070 g/mol. The van der Waals surface area contributed by atoms with Gasteiger partial charge in [-0.2, -0.15) is 8.61 Å². The topological polar surface area (TPSA) is 300 Å². The largest absolute Gasteiger partial charge is 0.368 e. The van der Waals surface area contributed by atoms with Gasteiger partial charge in [-0.1, -0.05) is 128 Å². The number of nitrogens with one attached hydrogen (secondary N) is 3. The number of unbranched alkanes of at least 4 members (excludes halogenated alkanes) is 2. The lowest BCUT2D eigenvalue weighted by Gasteiger charge is -2.30. The van der Waals surface area contributed by atoms with Crippen molar-refractivity contribution < 1.29 is 40.8 Å². The number of ketones is 2. The summed E-state index contributed by atoms with van der Waals surface area (Å²) in [6.45, 7) is -1.28. The number of amides is 3. The number of nitrogens with zero attached hydrogens (tertiary/aromatic N) is 2. The molecule has 0 spiro atoms. The first-order valence-electron chi connectivity index (χ1n) is 25.8. The van der Waals surface area contributed by atoms with Crippen LogP contribution >= 0.6 is 0 Å². The van der Waals surface area contributed by atoms with Gasteiger partial charge in [0, 0.05) is 44.4 Å². The lowest BCUT2D eigenvalue weighted by molar-refractivity contribution is -0.130. The van der Waals surface area contributed by atoms with Gasteiger partial charge in [-0.25, -0.2) is 16.8 Å². The summed E-state index contributed by atoms with van der Waals surface area (Å²) in [6.07, 6.45) is 3.23. The van der Waals surface area contributed by atoms with Crippen LogP contribution in [0.25, 0.3) is 0 Å². The fourth-order valence-corrected chi connectivity index (χ4v) is 11.8. The first kappa shape index (κ1) is 61.8. The van der Waals surface area contributed by atoms with Crippen LogP contribution in [0.2, 0.25) is 0 Å². The number of hydrogen-bond donors (Lipinski definition) is 7. The molecule has 18 nitrogen and oxygen atoms in total. The minimum absolute atomic E-state index is 0.0356. The number of nitrogens with two attached hydrogens (primary N) is 4. The first-order chi connectivity index (χ1) is 36.0. The van der Waals surface area contributed by atoms with Gasteiger partial charge >= 0.3 is 0 Å². The molecule has 4 rings (SSSR count). The van der Waals surface area contributed by atoms with E-state index in [1.54, 1.807) is 79.8 Å². The maximum Gasteiger partial charge on any atom is 0.240 e. The van der Waals surface area contributed by atoms with Crippen molar-refractivity contribution in [1.29, 1.82) is 0 Å². The Labute approximate surface area is 444 Å². The fraction of sp³-hybridized carbons (Fsp3) is 0.473. The van der Waals surface area contributed by atoms with Gasteiger partial charge in [0.05, 0.1) is 30.6 Å². The molecule has 0 bridgehead atoms. The molecule has 0 saturated carbocycles. The maximum atomic E-state index is 14.9. The van der Waals surface area contributed by atoms with Gasteiger partial charge in [0.25, 0.3) is 0 Å². The van der Waals surface area contributed by atoms with Crippen LogP contribution in [0.3, 0.4) is 0 Å². The molecule has 0 saturated heterocycles. The van der Waals surface area contributed by atoms with Crippen molar-refractivity contribution in [2.24, 2.45) is 34.8 Å². The van der Waals surface area contributed by atoms with E-state index in [1.807, 2.05) is 48.5 Å². The van der Waals surface area contributed by atoms with Gasteiger partial charge in [-0.05, 0) is 99.7 Å². The minimum atomic E-state index is -4.30. The zero-order chi connectivity index (χ0) is 54.6. The number of sulfonamides is 2. The average Bonchev–Trinajstić information content (AvgIpc) is 3.38. The molecule has 4 aromatic rings. The molecule has 11 N–H and O–H groups in total. The van der Waals surface area contributed by atoms with Crippen molar-refractivity contribution in [3.63, 3.8) is 0 Å². The van der Waals surface area contributed by atoms with Gasteiger partial charge in [0.2, 0.25) is 37.8 Å². The number of carbonyl (C=O) groups is 5. The molecule has 0 heterocycles. The Morgan fingerprint density at radius 1 is 0.547 bits per heavy atom. The zero-order valence-corrected chi connectivity index (χ0v) is 44.9. The highest BCUT2D eigenvalue weighted by atomic mass is 32.2. The summed E-state index contributed by atoms with van der Waals surface area (Å²) < 4.78 is 58.9. The Hall–Kier alpha value is -5.71. The molecule has 410 valence electrons. The summed E-state index contributed by atoms with van der Waals surface area (Å²) in [7, 11) is -6.74. The second kappa shape index (κ2) is 32.7. The zero-order valence-electron chi connectivity index (χ0n) is 43.3. The fourth-order valence-electron chi connectivity index (χ4n) is 8.98. The van der Waals surface area contributed by atoms with E-state index in [4.69, 9.17) is 22.9 Å². The highest BCUT2D eigenvalue weighted by Crippen LogP contribution is 2.22. The van der Waals surface area contributed by atoms with Gasteiger partial charge in [-0.15, -0.1) is 0 Å². The smallest absolute Gasteiger partial charge is 0.240 e. The molecule has 20 heteroatoms. The van der Waals surface area contributed by atoms with Crippen molar-refractivity contribution in [3.05, 3.63) is 144 Å². The molecule has 0 unspecified atom stereocenters. The van der Waals surface area contributed by atoms with E-state index in [9.17, 15) is 40.8 Å². The highest BCUT2D eigenvalue weighted by molar-refractivity contribution is 7.89. The van der Waals surface area contributed by atoms with Crippen LogP contribution in [0.1, 0.15) is 73.6 Å². The molecular weight excluding hydrogens is 995 g/mol. The van der Waals surface area contributed by atoms with E-state index >= 15 is 0 Å². The summed E-state index contributed by atoms with van der Waals surface area (Å²) in [5.74, 6) is -5.33. The third-order valence-corrected chi connectivity index (χ3v) is 16.5. The summed E-state index contributed by atoms with van der Waals surface area (Å²) in [5.41, 5.74) is 25.8. The third-order valence-electron chi connectivity index (χ3n) is 13.0. The minimum Gasteiger partial charge on any atom is -0.368 e. The standard InChI is InChI=1S/C55H79N9O9S2/c1-60-51(34-44-22-10-4-11-23-44)52(66)35-46(26-14-16-28-56)37-63(74(70,71)31-30-58)39-49(65)36-47(32-42-18-6-2-7-19-42)55(69)61-48(33-43-20-8-3-9-21-43)38-64(75(72,73)41-45-24-12-5-13-25-45)40-53(67)62-50(54(59)68)27-15-17-29-57/h2-13,18-25,46-48,50-51,60H,14-17,26-41,56-58H2,1H3,(H2,59,68)(H,61,69)(H,62,67)/t46-,47-,48+,50+,51+/m1/s1. The monoisotopic (exact) mass is 1070 g/mol. The highest BCUT2D eigenvalue weighted by Gasteiger charge is 2.34. The van der Waals surface area contributed by atoms with E-state index in [0.717, 1.165) is 19.7 Å². The number of rotatable bonds is 38. The van der Waals surface area contributed by atoms with Crippen molar-refractivity contribution in [3.8, 4) is 0 Å². The quantitative estimate of drug-likeness (QED) is 0.0318. The summed E-state index contributed by atoms with van der Waals surface area (Å²) in [6, 6.07) is 33.4. The van der Waals surface area contributed by atoms with Gasteiger partial charge in [0.1, 0.15) is 17.6 Å². The molecule has 0 aromatic heterocycles. The molecule has 0 fully saturated rings. The van der Waals surface area contributed by atoms with Gasteiger partial charge < -0.3 is 38.9 Å². The Balaban J connectivity index is 1.67. The molecule has 3 amide bonds. The molecule has 5 atom stereocenters. The number of Topliss-reactive ketones (excluding diaryl/α,β-unsaturated/α-hetero) is 2. The Morgan fingerprint density at radius 2 is 1.05 bits per heavy atom. The Kier molecular flexibility index (Phi) is 26.9. The van der Waals surface area contributed by atoms with Crippen molar-refractivity contribution in [1.82, 2.24) is 24.6 Å². The Morgan fingerprint density at radius 3 is 1.57 bits per heavy atom. The number of primary amides is 1. The molecule has 0 aliphatic carbocycles. The van der Waals surface area contributed by atoms with Crippen molar-refractivity contribution >= 4 is 49.3 Å². The maximum absolute atomic E-state index is 14.9. The molecular formula is C55H79N9O9S2. The van der Waals surface area contributed by atoms with E-state index in [1.165, 1.54) is 0 Å². The van der Waals surface area contributed by atoms with Crippen LogP contribution in [0.15, 0.2) is 121 Å². The lowest BCUT2D eigenvalue weighted by atomic mass is 9.91. The lowest BCUT2D eigenvalue weighted by Crippen LogP contribution is -2.53. The second-order valence-electron chi connectivity index (χ2n) is 19.1. The third kappa shape index (κ3) is 22.6. The Bertz CT molecular complexity index is 2580. The normalized spacial score (nSPS) is 13.9. The van der Waals surface area contributed by atoms with Gasteiger partial charge in [-0.3, -0.25) is 24.0 Å². The molecule has 4 aromatic carbocycles. The number of carbonyl (C=O) groups excluding carboxylic acids is 5. The summed E-state index contributed by atoms with van der Waals surface area (Å²) >= 11 is 0. The van der Waals surface area contributed by atoms with E-state index in [0.29, 0.717) is 62.7 Å². The summed E-state index contributed by atoms with van der Waals surface area (Å²) in [5, 5.41) is 8.73. The molecule has 0 aliphatic rings.